The van der Waals surface area contributed by atoms with Gasteiger partial charge in [0.15, 0.2) is 17.9 Å². The molecule has 25 heavy (non-hydrogen) atoms. The van der Waals surface area contributed by atoms with E-state index < -0.39 is 31.1 Å². The third-order valence-electron chi connectivity index (χ3n) is 3.89. The Morgan fingerprint density at radius 3 is 2.64 bits per heavy atom. The lowest BCUT2D eigenvalue weighted by atomic mass is 10.1. The van der Waals surface area contributed by atoms with Gasteiger partial charge in [0.05, 0.1) is 17.6 Å². The molecular weight excluding hydrogens is 360 g/mol. The molecule has 0 radical (unpaired) electrons. The molecule has 3 rings (SSSR count). The molecule has 3 heterocycles. The first-order chi connectivity index (χ1) is 11.5. The van der Waals surface area contributed by atoms with Crippen LogP contribution in [0.2, 0.25) is 0 Å². The molecule has 8 N–H and O–H groups in total. The SMILES string of the molecule is Cl.NC(=NO)c1cn(C2OC(CO)C(O)C2O)c2ncnc(NO)c12. The molecule has 1 fully saturated rings. The summed E-state index contributed by atoms with van der Waals surface area (Å²) in [5.74, 6) is -0.288. The second-order valence-electron chi connectivity index (χ2n) is 5.20. The number of halogens is 1. The van der Waals surface area contributed by atoms with Crippen molar-refractivity contribution in [1.82, 2.24) is 14.5 Å². The van der Waals surface area contributed by atoms with E-state index in [0.29, 0.717) is 0 Å². The number of aliphatic hydroxyl groups is 3. The zero-order chi connectivity index (χ0) is 17.4. The van der Waals surface area contributed by atoms with Crippen molar-refractivity contribution < 1.29 is 30.5 Å². The highest BCUT2D eigenvalue weighted by molar-refractivity contribution is 6.11. The molecule has 2 aromatic heterocycles. The Hall–Kier alpha value is -2.22. The maximum absolute atomic E-state index is 10.2. The highest BCUT2D eigenvalue weighted by Crippen LogP contribution is 2.34. The molecule has 0 saturated carbocycles. The first-order valence-corrected chi connectivity index (χ1v) is 6.89. The summed E-state index contributed by atoms with van der Waals surface area (Å²) in [5.41, 5.74) is 7.89. The Bertz CT molecular complexity index is 785. The molecule has 1 aliphatic heterocycles. The smallest absolute Gasteiger partial charge is 0.172 e. The zero-order valence-corrected chi connectivity index (χ0v) is 13.4. The van der Waals surface area contributed by atoms with Gasteiger partial charge in [0.2, 0.25) is 0 Å². The van der Waals surface area contributed by atoms with Gasteiger partial charge >= 0.3 is 0 Å². The third kappa shape index (κ3) is 2.95. The van der Waals surface area contributed by atoms with Crippen LogP contribution in [0.25, 0.3) is 11.0 Å². The number of aromatic nitrogens is 3. The summed E-state index contributed by atoms with van der Waals surface area (Å²) in [6.45, 7) is -0.487. The van der Waals surface area contributed by atoms with E-state index >= 15 is 0 Å². The molecule has 0 aliphatic carbocycles. The first kappa shape index (κ1) is 19.1. The molecule has 13 heteroatoms. The molecule has 4 atom stereocenters. The quantitative estimate of drug-likeness (QED) is 0.141. The number of oxime groups is 1. The van der Waals surface area contributed by atoms with E-state index in [1.54, 1.807) is 0 Å². The maximum Gasteiger partial charge on any atom is 0.172 e. The predicted molar refractivity (Wildman–Crippen MR) is 85.7 cm³/mol. The van der Waals surface area contributed by atoms with Crippen molar-refractivity contribution >= 4 is 35.1 Å². The summed E-state index contributed by atoms with van der Waals surface area (Å²) in [5, 5.41) is 50.6. The van der Waals surface area contributed by atoms with Crippen LogP contribution in [-0.4, -0.2) is 71.0 Å². The standard InChI is InChI=1S/C12H16N6O6.ClH/c13-9(16-22)4-1-18(11-6(4)10(17-23)14-3-15-11)12-8(21)7(20)5(2-19)24-12;/h1,3,5,7-8,12,19-23H,2H2,(H2,13,16)(H,14,15,17);1H. The lowest BCUT2D eigenvalue weighted by Gasteiger charge is -2.17. The van der Waals surface area contributed by atoms with Crippen molar-refractivity contribution in [2.45, 2.75) is 24.5 Å². The van der Waals surface area contributed by atoms with E-state index in [1.165, 1.54) is 10.8 Å². The Labute approximate surface area is 146 Å². The molecule has 0 bridgehead atoms. The van der Waals surface area contributed by atoms with Crippen LogP contribution < -0.4 is 11.2 Å². The van der Waals surface area contributed by atoms with E-state index in [-0.39, 0.29) is 40.7 Å². The van der Waals surface area contributed by atoms with Crippen molar-refractivity contribution in [2.75, 3.05) is 12.1 Å². The number of rotatable bonds is 4. The average molecular weight is 377 g/mol. The molecule has 138 valence electrons. The number of nitrogens with zero attached hydrogens (tertiary/aromatic N) is 4. The lowest BCUT2D eigenvalue weighted by molar-refractivity contribution is -0.0508. The van der Waals surface area contributed by atoms with Crippen molar-refractivity contribution in [3.8, 4) is 0 Å². The molecular formula is C12H17ClN6O6. The lowest BCUT2D eigenvalue weighted by Crippen LogP contribution is -2.33. The summed E-state index contributed by atoms with van der Waals surface area (Å²) >= 11 is 0. The minimum Gasteiger partial charge on any atom is -0.409 e. The van der Waals surface area contributed by atoms with Gasteiger partial charge in [-0.3, -0.25) is 10.7 Å². The highest BCUT2D eigenvalue weighted by Gasteiger charge is 2.44. The fourth-order valence-electron chi connectivity index (χ4n) is 2.72. The first-order valence-electron chi connectivity index (χ1n) is 6.89. The summed E-state index contributed by atoms with van der Waals surface area (Å²) in [6, 6.07) is 0. The third-order valence-corrected chi connectivity index (χ3v) is 3.89. The van der Waals surface area contributed by atoms with Gasteiger partial charge in [-0.1, -0.05) is 5.16 Å². The van der Waals surface area contributed by atoms with E-state index in [1.807, 2.05) is 5.48 Å². The van der Waals surface area contributed by atoms with Crippen molar-refractivity contribution in [2.24, 2.45) is 10.9 Å². The van der Waals surface area contributed by atoms with Crippen LogP contribution >= 0.6 is 12.4 Å². The van der Waals surface area contributed by atoms with Gasteiger partial charge in [0, 0.05) is 6.20 Å². The second-order valence-corrected chi connectivity index (χ2v) is 5.20. The van der Waals surface area contributed by atoms with Gasteiger partial charge in [0.25, 0.3) is 0 Å². The van der Waals surface area contributed by atoms with Crippen molar-refractivity contribution in [1.29, 1.82) is 0 Å². The Balaban J connectivity index is 0.00000225. The average Bonchev–Trinajstić information content (AvgIpc) is 3.12. The number of hydrogen-bond donors (Lipinski definition) is 7. The Morgan fingerprint density at radius 1 is 1.36 bits per heavy atom. The van der Waals surface area contributed by atoms with Crippen LogP contribution in [0.3, 0.4) is 0 Å². The fraction of sp³-hybridized carbons (Fsp3) is 0.417. The summed E-state index contributed by atoms with van der Waals surface area (Å²) in [7, 11) is 0. The monoisotopic (exact) mass is 376 g/mol. The van der Waals surface area contributed by atoms with E-state index in [0.717, 1.165) is 6.33 Å². The minimum atomic E-state index is -1.35. The number of amidine groups is 1. The number of nitrogens with two attached hydrogens (primary N) is 1. The molecule has 12 nitrogen and oxygen atoms in total. The molecule has 2 aromatic rings. The number of hydrogen-bond acceptors (Lipinski definition) is 10. The molecule has 0 aromatic carbocycles. The Morgan fingerprint density at radius 2 is 2.08 bits per heavy atom. The van der Waals surface area contributed by atoms with Crippen LogP contribution in [0.4, 0.5) is 5.82 Å². The van der Waals surface area contributed by atoms with Gasteiger partial charge in [0.1, 0.15) is 30.3 Å². The van der Waals surface area contributed by atoms with Crippen LogP contribution in [0.5, 0.6) is 0 Å². The molecule has 4 unspecified atom stereocenters. The highest BCUT2D eigenvalue weighted by atomic mass is 35.5. The van der Waals surface area contributed by atoms with Gasteiger partial charge in [-0.05, 0) is 0 Å². The van der Waals surface area contributed by atoms with E-state index in [2.05, 4.69) is 15.1 Å². The molecule has 1 aliphatic rings. The second kappa shape index (κ2) is 7.35. The normalized spacial score (nSPS) is 26.6. The van der Waals surface area contributed by atoms with Gasteiger partial charge in [-0.2, -0.15) is 0 Å². The number of fused-ring (bicyclic) bond motifs is 1. The molecule has 1 saturated heterocycles. The van der Waals surface area contributed by atoms with E-state index in [9.17, 15) is 20.5 Å². The van der Waals surface area contributed by atoms with Crippen LogP contribution in [-0.2, 0) is 4.74 Å². The summed E-state index contributed by atoms with van der Waals surface area (Å²) in [6.07, 6.45) is -2.20. The minimum absolute atomic E-state index is 0. The summed E-state index contributed by atoms with van der Waals surface area (Å²) in [4.78, 5) is 7.89. The van der Waals surface area contributed by atoms with Crippen LogP contribution in [0.15, 0.2) is 17.7 Å². The number of anilines is 1. The fourth-order valence-corrected chi connectivity index (χ4v) is 2.72. The van der Waals surface area contributed by atoms with Crippen molar-refractivity contribution in [3.05, 3.63) is 18.1 Å². The summed E-state index contributed by atoms with van der Waals surface area (Å²) < 4.78 is 6.80. The number of ether oxygens (including phenoxy) is 1. The van der Waals surface area contributed by atoms with Gasteiger partial charge in [-0.15, -0.1) is 12.4 Å². The number of nitrogens with one attached hydrogen (secondary N) is 1. The van der Waals surface area contributed by atoms with Crippen LogP contribution in [0.1, 0.15) is 11.8 Å². The molecule has 0 spiro atoms. The maximum atomic E-state index is 10.2. The Kier molecular flexibility index (Phi) is 5.62. The largest absolute Gasteiger partial charge is 0.409 e. The van der Waals surface area contributed by atoms with E-state index in [4.69, 9.17) is 15.7 Å². The van der Waals surface area contributed by atoms with Gasteiger partial charge in [-0.25, -0.2) is 9.97 Å². The number of aliphatic hydroxyl groups excluding tert-OH is 3. The predicted octanol–water partition coefficient (Wildman–Crippen LogP) is -1.64. The van der Waals surface area contributed by atoms with Gasteiger partial charge < -0.3 is 35.6 Å². The topological polar surface area (TPSA) is 192 Å². The van der Waals surface area contributed by atoms with Crippen molar-refractivity contribution in [3.63, 3.8) is 0 Å². The zero-order valence-electron chi connectivity index (χ0n) is 12.6. The van der Waals surface area contributed by atoms with Crippen LogP contribution in [0, 0.1) is 0 Å². The molecule has 0 amide bonds.